The zero-order valence-corrected chi connectivity index (χ0v) is 16.3. The van der Waals surface area contributed by atoms with E-state index in [1.807, 2.05) is 12.1 Å². The van der Waals surface area contributed by atoms with E-state index in [9.17, 15) is 30.8 Å². The Morgan fingerprint density at radius 2 is 1.29 bits per heavy atom. The highest BCUT2D eigenvalue weighted by molar-refractivity contribution is 7.06. The Hall–Kier alpha value is -4.74. The summed E-state index contributed by atoms with van der Waals surface area (Å²) >= 11 is 0.929. The van der Waals surface area contributed by atoms with Crippen molar-refractivity contribution in [1.82, 2.24) is 9.36 Å². The van der Waals surface area contributed by atoms with Gasteiger partial charge in [-0.3, -0.25) is 20.2 Å². The monoisotopic (exact) mass is 430 g/mol. The second-order valence-corrected chi connectivity index (χ2v) is 6.71. The van der Waals surface area contributed by atoms with Crippen molar-refractivity contribution in [2.24, 2.45) is 0 Å². The number of nitrogens with zero attached hydrogens (tertiary/aromatic N) is 6. The van der Waals surface area contributed by atoms with Crippen molar-refractivity contribution in [2.75, 3.05) is 0 Å². The number of nitro benzene ring substituents is 2. The Kier molecular flexibility index (Phi) is 6.21. The van der Waals surface area contributed by atoms with Crippen LogP contribution in [0.25, 0.3) is 23.3 Å². The molecule has 1 aromatic heterocycles. The van der Waals surface area contributed by atoms with Crippen molar-refractivity contribution in [3.63, 3.8) is 0 Å². The number of rotatable bonds is 6. The van der Waals surface area contributed by atoms with E-state index >= 15 is 0 Å². The van der Waals surface area contributed by atoms with E-state index in [4.69, 9.17) is 0 Å². The molecular formula is C20H10N6O4S. The SMILES string of the molecule is N#C/C(=C\c1ccc([N+](=O)[O-])cc1)c1nsc(/C(C#N)=C/c2ccc([N+](=O)[O-])cc2)n1. The Morgan fingerprint density at radius 1 is 0.839 bits per heavy atom. The van der Waals surface area contributed by atoms with E-state index in [0.717, 1.165) is 11.5 Å². The molecule has 0 N–H and O–H groups in total. The normalized spacial score (nSPS) is 11.4. The van der Waals surface area contributed by atoms with Gasteiger partial charge >= 0.3 is 0 Å². The van der Waals surface area contributed by atoms with Crippen LogP contribution in [0.5, 0.6) is 0 Å². The number of hydrogen-bond donors (Lipinski definition) is 0. The highest BCUT2D eigenvalue weighted by atomic mass is 32.1. The van der Waals surface area contributed by atoms with Gasteiger partial charge in [-0.1, -0.05) is 0 Å². The molecule has 150 valence electrons. The maximum Gasteiger partial charge on any atom is 0.269 e. The van der Waals surface area contributed by atoms with E-state index in [-0.39, 0.29) is 33.4 Å². The van der Waals surface area contributed by atoms with Crippen LogP contribution in [0.4, 0.5) is 11.4 Å². The van der Waals surface area contributed by atoms with Crippen LogP contribution in [0, 0.1) is 42.9 Å². The minimum atomic E-state index is -0.520. The number of nitro groups is 2. The Balaban J connectivity index is 1.88. The molecule has 0 saturated carbocycles. The molecule has 3 aromatic rings. The Labute approximate surface area is 179 Å². The van der Waals surface area contributed by atoms with Crippen molar-refractivity contribution < 1.29 is 9.85 Å². The van der Waals surface area contributed by atoms with E-state index in [1.54, 1.807) is 0 Å². The van der Waals surface area contributed by atoms with Crippen molar-refractivity contribution >= 4 is 46.2 Å². The molecule has 0 saturated heterocycles. The molecule has 0 atom stereocenters. The Bertz CT molecular complexity index is 1200. The molecular weight excluding hydrogens is 420 g/mol. The average Bonchev–Trinajstić information content (AvgIpc) is 3.26. The van der Waals surface area contributed by atoms with Gasteiger partial charge in [0.15, 0.2) is 10.8 Å². The van der Waals surface area contributed by atoms with Crippen LogP contribution >= 0.6 is 11.5 Å². The second-order valence-electron chi connectivity index (χ2n) is 5.96. The molecule has 0 amide bonds. The van der Waals surface area contributed by atoms with Gasteiger partial charge in [0.1, 0.15) is 12.1 Å². The smallest absolute Gasteiger partial charge is 0.258 e. The summed E-state index contributed by atoms with van der Waals surface area (Å²) in [6.45, 7) is 0. The number of hydrogen-bond acceptors (Lipinski definition) is 9. The van der Waals surface area contributed by atoms with Crippen molar-refractivity contribution in [3.8, 4) is 12.1 Å². The van der Waals surface area contributed by atoms with Crippen LogP contribution in [-0.2, 0) is 0 Å². The van der Waals surface area contributed by atoms with Gasteiger partial charge in [-0.25, -0.2) is 4.98 Å². The number of benzene rings is 2. The molecule has 0 bridgehead atoms. The second kappa shape index (κ2) is 9.17. The van der Waals surface area contributed by atoms with Gasteiger partial charge in [0.2, 0.25) is 0 Å². The third-order valence-electron chi connectivity index (χ3n) is 3.97. The van der Waals surface area contributed by atoms with Crippen molar-refractivity contribution in [3.05, 3.63) is 90.7 Å². The molecule has 2 aromatic carbocycles. The summed E-state index contributed by atoms with van der Waals surface area (Å²) < 4.78 is 4.13. The highest BCUT2D eigenvalue weighted by Gasteiger charge is 2.14. The highest BCUT2D eigenvalue weighted by Crippen LogP contribution is 2.24. The van der Waals surface area contributed by atoms with Crippen LogP contribution in [0.15, 0.2) is 48.5 Å². The lowest BCUT2D eigenvalue weighted by Gasteiger charge is -1.96. The lowest BCUT2D eigenvalue weighted by molar-refractivity contribution is -0.385. The van der Waals surface area contributed by atoms with Crippen LogP contribution < -0.4 is 0 Å². The predicted molar refractivity (Wildman–Crippen MR) is 113 cm³/mol. The maximum absolute atomic E-state index is 10.7. The van der Waals surface area contributed by atoms with Gasteiger partial charge < -0.3 is 0 Å². The zero-order chi connectivity index (χ0) is 22.4. The molecule has 0 radical (unpaired) electrons. The summed E-state index contributed by atoms with van der Waals surface area (Å²) in [5.74, 6) is 0.116. The summed E-state index contributed by atoms with van der Waals surface area (Å²) in [7, 11) is 0. The Morgan fingerprint density at radius 3 is 1.71 bits per heavy atom. The molecule has 0 unspecified atom stereocenters. The molecule has 10 nitrogen and oxygen atoms in total. The number of aromatic nitrogens is 2. The first kappa shape index (κ1) is 21.0. The van der Waals surface area contributed by atoms with Gasteiger partial charge in [0.25, 0.3) is 11.4 Å². The minimum absolute atomic E-state index is 0.0658. The van der Waals surface area contributed by atoms with Crippen LogP contribution in [0.2, 0.25) is 0 Å². The average molecular weight is 430 g/mol. The number of nitriles is 2. The molecule has 3 rings (SSSR count). The molecule has 0 spiro atoms. The van der Waals surface area contributed by atoms with E-state index in [1.165, 1.54) is 60.7 Å². The largest absolute Gasteiger partial charge is 0.269 e. The summed E-state index contributed by atoms with van der Waals surface area (Å²) in [6, 6.07) is 15.3. The first-order valence-electron chi connectivity index (χ1n) is 8.48. The van der Waals surface area contributed by atoms with E-state index in [0.29, 0.717) is 11.1 Å². The third kappa shape index (κ3) is 5.00. The van der Waals surface area contributed by atoms with Crippen LogP contribution in [0.1, 0.15) is 22.0 Å². The molecule has 0 fully saturated rings. The number of non-ortho nitro benzene ring substituents is 2. The fourth-order valence-electron chi connectivity index (χ4n) is 2.45. The van der Waals surface area contributed by atoms with Gasteiger partial charge in [-0.05, 0) is 59.1 Å². The van der Waals surface area contributed by atoms with Crippen molar-refractivity contribution in [1.29, 1.82) is 10.5 Å². The van der Waals surface area contributed by atoms with Crippen LogP contribution in [-0.4, -0.2) is 19.2 Å². The molecule has 1 heterocycles. The summed E-state index contributed by atoms with van der Waals surface area (Å²) in [6.07, 6.45) is 3.00. The molecule has 0 aliphatic rings. The molecule has 31 heavy (non-hydrogen) atoms. The molecule has 11 heteroatoms. The lowest BCUT2D eigenvalue weighted by Crippen LogP contribution is -1.89. The predicted octanol–water partition coefficient (Wildman–Crippen LogP) is 4.48. The summed E-state index contributed by atoms with van der Waals surface area (Å²) in [5, 5.41) is 40.7. The lowest BCUT2D eigenvalue weighted by atomic mass is 10.1. The van der Waals surface area contributed by atoms with Gasteiger partial charge in [-0.15, -0.1) is 0 Å². The number of allylic oxidation sites excluding steroid dienone is 2. The summed E-state index contributed by atoms with van der Waals surface area (Å²) in [4.78, 5) is 24.7. The van der Waals surface area contributed by atoms with Gasteiger partial charge in [0, 0.05) is 24.3 Å². The van der Waals surface area contributed by atoms with Gasteiger partial charge in [-0.2, -0.15) is 14.9 Å². The quantitative estimate of drug-likeness (QED) is 0.314. The fourth-order valence-corrected chi connectivity index (χ4v) is 3.09. The van der Waals surface area contributed by atoms with E-state index in [2.05, 4.69) is 9.36 Å². The molecule has 0 aliphatic heterocycles. The standard InChI is InChI=1S/C20H10N6O4S/c21-11-15(9-13-1-5-17(6-2-13)25(27)28)19-23-20(31-24-19)16(12-22)10-14-3-7-18(8-4-14)26(29)30/h1-10H/b15-9+,16-10+. The van der Waals surface area contributed by atoms with Crippen LogP contribution in [0.3, 0.4) is 0 Å². The van der Waals surface area contributed by atoms with Crippen molar-refractivity contribution in [2.45, 2.75) is 0 Å². The zero-order valence-electron chi connectivity index (χ0n) is 15.5. The maximum atomic E-state index is 10.7. The topological polar surface area (TPSA) is 160 Å². The fraction of sp³-hybridized carbons (Fsp3) is 0. The summed E-state index contributed by atoms with van der Waals surface area (Å²) in [5.41, 5.74) is 1.30. The molecule has 0 aliphatic carbocycles. The minimum Gasteiger partial charge on any atom is -0.258 e. The first-order valence-corrected chi connectivity index (χ1v) is 9.25. The van der Waals surface area contributed by atoms with E-state index < -0.39 is 9.85 Å². The van der Waals surface area contributed by atoms with Gasteiger partial charge in [0.05, 0.1) is 21.0 Å². The third-order valence-corrected chi connectivity index (χ3v) is 4.72. The first-order chi connectivity index (χ1) is 14.9.